The van der Waals surface area contributed by atoms with Crippen molar-refractivity contribution in [3.63, 3.8) is 0 Å². The van der Waals surface area contributed by atoms with Crippen LogP contribution in [0.25, 0.3) is 0 Å². The first-order valence-electron chi connectivity index (χ1n) is 5.83. The summed E-state index contributed by atoms with van der Waals surface area (Å²) in [5.74, 6) is -0.292. The van der Waals surface area contributed by atoms with Crippen molar-refractivity contribution in [1.82, 2.24) is 0 Å². The number of carbonyl (C=O) groups is 1. The van der Waals surface area contributed by atoms with E-state index in [1.165, 1.54) is 0 Å². The van der Waals surface area contributed by atoms with E-state index in [0.29, 0.717) is 44.0 Å². The predicted molar refractivity (Wildman–Crippen MR) is 62.3 cm³/mol. The van der Waals surface area contributed by atoms with Gasteiger partial charge in [0.05, 0.1) is 12.2 Å². The molecule has 1 N–H and O–H groups in total. The topological polar surface area (TPSA) is 55.8 Å². The lowest BCUT2D eigenvalue weighted by Gasteiger charge is -2.12. The van der Waals surface area contributed by atoms with E-state index >= 15 is 0 Å². The fourth-order valence-corrected chi connectivity index (χ4v) is 1.37. The van der Waals surface area contributed by atoms with E-state index in [4.69, 9.17) is 14.6 Å². The SMILES string of the molecule is CCCC(OCCOCC)=C(CC)C(=O)O. The molecule has 0 bridgehead atoms. The third-order valence-electron chi connectivity index (χ3n) is 2.13. The number of carboxylic acids is 1. The lowest BCUT2D eigenvalue weighted by Crippen LogP contribution is -2.10. The monoisotopic (exact) mass is 230 g/mol. The fraction of sp³-hybridized carbons (Fsp3) is 0.750. The Morgan fingerprint density at radius 2 is 1.88 bits per heavy atom. The highest BCUT2D eigenvalue weighted by Gasteiger charge is 2.13. The van der Waals surface area contributed by atoms with Crippen LogP contribution in [0.2, 0.25) is 0 Å². The molecule has 0 fully saturated rings. The van der Waals surface area contributed by atoms with Gasteiger partial charge in [-0.05, 0) is 19.8 Å². The second-order valence-corrected chi connectivity index (χ2v) is 3.36. The number of hydrogen-bond acceptors (Lipinski definition) is 3. The lowest BCUT2D eigenvalue weighted by atomic mass is 10.1. The normalized spacial score (nSPS) is 12.2. The first-order chi connectivity index (χ1) is 7.67. The Bertz CT molecular complexity index is 233. The van der Waals surface area contributed by atoms with Crippen molar-refractivity contribution < 1.29 is 19.4 Å². The molecule has 0 aromatic rings. The van der Waals surface area contributed by atoms with Gasteiger partial charge in [0.15, 0.2) is 0 Å². The smallest absolute Gasteiger partial charge is 0.334 e. The zero-order valence-corrected chi connectivity index (χ0v) is 10.4. The minimum atomic E-state index is -0.887. The second-order valence-electron chi connectivity index (χ2n) is 3.36. The van der Waals surface area contributed by atoms with Gasteiger partial charge in [0.2, 0.25) is 0 Å². The molecule has 0 heterocycles. The van der Waals surface area contributed by atoms with Gasteiger partial charge in [-0.3, -0.25) is 0 Å². The maximum absolute atomic E-state index is 11.0. The van der Waals surface area contributed by atoms with E-state index < -0.39 is 5.97 Å². The third kappa shape index (κ3) is 5.75. The summed E-state index contributed by atoms with van der Waals surface area (Å²) >= 11 is 0. The first-order valence-corrected chi connectivity index (χ1v) is 5.83. The fourth-order valence-electron chi connectivity index (χ4n) is 1.37. The molecule has 0 aliphatic rings. The Morgan fingerprint density at radius 1 is 1.19 bits per heavy atom. The van der Waals surface area contributed by atoms with Crippen LogP contribution in [-0.2, 0) is 14.3 Å². The van der Waals surface area contributed by atoms with Crippen LogP contribution in [0.15, 0.2) is 11.3 Å². The van der Waals surface area contributed by atoms with Gasteiger partial charge in [0, 0.05) is 13.0 Å². The molecule has 0 aromatic heterocycles. The van der Waals surface area contributed by atoms with E-state index in [2.05, 4.69) is 0 Å². The first kappa shape index (κ1) is 15.0. The minimum absolute atomic E-state index is 0.373. The lowest BCUT2D eigenvalue weighted by molar-refractivity contribution is -0.133. The Kier molecular flexibility index (Phi) is 8.62. The standard InChI is InChI=1S/C12H22O4/c1-4-7-11(10(5-2)12(13)14)16-9-8-15-6-3/h4-9H2,1-3H3,(H,13,14). The van der Waals surface area contributed by atoms with Gasteiger partial charge in [-0.15, -0.1) is 0 Å². The van der Waals surface area contributed by atoms with Gasteiger partial charge in [0.25, 0.3) is 0 Å². The molecule has 0 spiro atoms. The molecule has 0 amide bonds. The zero-order chi connectivity index (χ0) is 12.4. The molecule has 0 aliphatic carbocycles. The Labute approximate surface area is 97.2 Å². The molecular weight excluding hydrogens is 208 g/mol. The average molecular weight is 230 g/mol. The molecule has 94 valence electrons. The summed E-state index contributed by atoms with van der Waals surface area (Å²) in [6.07, 6.45) is 2.03. The summed E-state index contributed by atoms with van der Waals surface area (Å²) < 4.78 is 10.6. The summed E-state index contributed by atoms with van der Waals surface area (Å²) in [5, 5.41) is 9.00. The molecule has 4 heteroatoms. The van der Waals surface area contributed by atoms with Gasteiger partial charge < -0.3 is 14.6 Å². The van der Waals surface area contributed by atoms with Crippen LogP contribution in [0.3, 0.4) is 0 Å². The molecule has 0 saturated carbocycles. The highest BCUT2D eigenvalue weighted by Crippen LogP contribution is 2.16. The Hall–Kier alpha value is -1.03. The van der Waals surface area contributed by atoms with E-state index in [-0.39, 0.29) is 0 Å². The Morgan fingerprint density at radius 3 is 2.31 bits per heavy atom. The van der Waals surface area contributed by atoms with Crippen LogP contribution in [0.4, 0.5) is 0 Å². The molecule has 4 nitrogen and oxygen atoms in total. The van der Waals surface area contributed by atoms with E-state index in [1.54, 1.807) is 0 Å². The van der Waals surface area contributed by atoms with E-state index in [0.717, 1.165) is 6.42 Å². The summed E-state index contributed by atoms with van der Waals surface area (Å²) in [7, 11) is 0. The summed E-state index contributed by atoms with van der Waals surface area (Å²) in [6.45, 7) is 7.31. The van der Waals surface area contributed by atoms with Crippen LogP contribution < -0.4 is 0 Å². The predicted octanol–water partition coefficient (Wildman–Crippen LogP) is 2.59. The van der Waals surface area contributed by atoms with E-state index in [9.17, 15) is 4.79 Å². The van der Waals surface area contributed by atoms with Crippen LogP contribution in [-0.4, -0.2) is 30.9 Å². The zero-order valence-electron chi connectivity index (χ0n) is 10.4. The van der Waals surface area contributed by atoms with Gasteiger partial charge in [-0.25, -0.2) is 4.79 Å². The van der Waals surface area contributed by atoms with Crippen molar-refractivity contribution in [1.29, 1.82) is 0 Å². The maximum atomic E-state index is 11.0. The van der Waals surface area contributed by atoms with Crippen molar-refractivity contribution in [3.05, 3.63) is 11.3 Å². The molecule has 0 rings (SSSR count). The van der Waals surface area contributed by atoms with Crippen LogP contribution >= 0.6 is 0 Å². The maximum Gasteiger partial charge on any atom is 0.334 e. The van der Waals surface area contributed by atoms with Crippen LogP contribution in [0.5, 0.6) is 0 Å². The molecule has 0 atom stereocenters. The van der Waals surface area contributed by atoms with E-state index in [1.807, 2.05) is 20.8 Å². The summed E-state index contributed by atoms with van der Waals surface area (Å²) in [4.78, 5) is 11.0. The van der Waals surface area contributed by atoms with Gasteiger partial charge in [-0.1, -0.05) is 13.8 Å². The Balaban J connectivity index is 4.38. The number of allylic oxidation sites excluding steroid dienone is 1. The second kappa shape index (κ2) is 9.21. The van der Waals surface area contributed by atoms with Gasteiger partial charge in [-0.2, -0.15) is 0 Å². The van der Waals surface area contributed by atoms with Gasteiger partial charge >= 0.3 is 5.97 Å². The van der Waals surface area contributed by atoms with Gasteiger partial charge in [0.1, 0.15) is 12.4 Å². The van der Waals surface area contributed by atoms with Crippen molar-refractivity contribution in [3.8, 4) is 0 Å². The highest BCUT2D eigenvalue weighted by molar-refractivity contribution is 5.87. The van der Waals surface area contributed by atoms with Crippen molar-refractivity contribution in [2.45, 2.75) is 40.0 Å². The van der Waals surface area contributed by atoms with Crippen molar-refractivity contribution in [2.75, 3.05) is 19.8 Å². The third-order valence-corrected chi connectivity index (χ3v) is 2.13. The molecular formula is C12H22O4. The molecule has 0 aromatic carbocycles. The van der Waals surface area contributed by atoms with Crippen LogP contribution in [0, 0.1) is 0 Å². The molecule has 0 radical (unpaired) electrons. The molecule has 0 aliphatic heterocycles. The quantitative estimate of drug-likeness (QED) is 0.376. The number of rotatable bonds is 9. The number of ether oxygens (including phenoxy) is 2. The average Bonchev–Trinajstić information content (AvgIpc) is 2.24. The largest absolute Gasteiger partial charge is 0.495 e. The number of aliphatic carboxylic acids is 1. The van der Waals surface area contributed by atoms with Crippen molar-refractivity contribution in [2.24, 2.45) is 0 Å². The molecule has 0 saturated heterocycles. The van der Waals surface area contributed by atoms with Crippen molar-refractivity contribution >= 4 is 5.97 Å². The molecule has 16 heavy (non-hydrogen) atoms. The minimum Gasteiger partial charge on any atom is -0.495 e. The summed E-state index contributed by atoms with van der Waals surface area (Å²) in [6, 6.07) is 0. The number of hydrogen-bond donors (Lipinski definition) is 1. The van der Waals surface area contributed by atoms with Crippen LogP contribution in [0.1, 0.15) is 40.0 Å². The molecule has 0 unspecified atom stereocenters. The number of carboxylic acid groups (broad SMARTS) is 1. The highest BCUT2D eigenvalue weighted by atomic mass is 16.5. The summed E-state index contributed by atoms with van der Waals surface area (Å²) in [5.41, 5.74) is 0.373.